The van der Waals surface area contributed by atoms with E-state index in [4.69, 9.17) is 21.4 Å². The average molecular weight is 464 g/mol. The molecular weight excluding hydrogens is 447 g/mol. The Labute approximate surface area is 175 Å². The summed E-state index contributed by atoms with van der Waals surface area (Å²) in [4.78, 5) is 11.0. The van der Waals surface area contributed by atoms with Gasteiger partial charge in [-0.2, -0.15) is 0 Å². The van der Waals surface area contributed by atoms with Crippen molar-refractivity contribution in [1.29, 1.82) is 0 Å². The summed E-state index contributed by atoms with van der Waals surface area (Å²) in [6, 6.07) is 16.8. The maximum absolute atomic E-state index is 13.9. The fourth-order valence-corrected chi connectivity index (χ4v) is 3.81. The van der Waals surface area contributed by atoms with Gasteiger partial charge >= 0.3 is 5.97 Å². The smallest absolute Gasteiger partial charge is 0.335 e. The van der Waals surface area contributed by atoms with E-state index >= 15 is 0 Å². The molecule has 0 atom stereocenters. The zero-order valence-corrected chi connectivity index (χ0v) is 17.1. The topological polar surface area (TPSA) is 46.5 Å². The third-order valence-electron chi connectivity index (χ3n) is 4.30. The molecule has 144 valence electrons. The third kappa shape index (κ3) is 5.12. The van der Waals surface area contributed by atoms with Crippen molar-refractivity contribution in [3.8, 4) is 5.75 Å². The number of hydrogen-bond donors (Lipinski definition) is 1. The van der Waals surface area contributed by atoms with Gasteiger partial charge in [0.1, 0.15) is 18.2 Å². The lowest BCUT2D eigenvalue weighted by Gasteiger charge is -2.15. The van der Waals surface area contributed by atoms with E-state index in [1.165, 1.54) is 6.07 Å². The molecule has 3 nitrogen and oxygen atoms in total. The van der Waals surface area contributed by atoms with Crippen molar-refractivity contribution in [2.24, 2.45) is 0 Å². The highest BCUT2D eigenvalue weighted by molar-refractivity contribution is 9.10. The predicted molar refractivity (Wildman–Crippen MR) is 111 cm³/mol. The number of rotatable bonds is 7. The molecule has 3 aromatic rings. The molecule has 0 heterocycles. The van der Waals surface area contributed by atoms with Crippen molar-refractivity contribution in [2.45, 2.75) is 19.4 Å². The van der Waals surface area contributed by atoms with Gasteiger partial charge in [0.05, 0.1) is 10.0 Å². The first-order valence-corrected chi connectivity index (χ1v) is 9.77. The summed E-state index contributed by atoms with van der Waals surface area (Å²) >= 11 is 9.66. The van der Waals surface area contributed by atoms with Crippen LogP contribution in [0.1, 0.15) is 27.0 Å². The number of carboxylic acid groups (broad SMARTS) is 1. The Morgan fingerprint density at radius 2 is 1.75 bits per heavy atom. The fourth-order valence-electron chi connectivity index (χ4n) is 2.82. The van der Waals surface area contributed by atoms with Gasteiger partial charge in [-0.1, -0.05) is 41.9 Å². The fraction of sp³-hybridized carbons (Fsp3) is 0.136. The molecule has 0 aliphatic rings. The van der Waals surface area contributed by atoms with Gasteiger partial charge in [-0.05, 0) is 70.2 Å². The molecule has 0 aromatic heterocycles. The van der Waals surface area contributed by atoms with Gasteiger partial charge in [0.2, 0.25) is 0 Å². The summed E-state index contributed by atoms with van der Waals surface area (Å²) < 4.78 is 20.5. The van der Waals surface area contributed by atoms with E-state index < -0.39 is 5.97 Å². The number of hydrogen-bond acceptors (Lipinski definition) is 2. The van der Waals surface area contributed by atoms with Crippen LogP contribution in [0.15, 0.2) is 65.1 Å². The van der Waals surface area contributed by atoms with Crippen molar-refractivity contribution in [3.05, 3.63) is 98.2 Å². The molecule has 28 heavy (non-hydrogen) atoms. The van der Waals surface area contributed by atoms with Crippen molar-refractivity contribution in [2.75, 3.05) is 0 Å². The minimum absolute atomic E-state index is 0.104. The van der Waals surface area contributed by atoms with E-state index in [0.29, 0.717) is 33.6 Å². The number of ether oxygens (including phenoxy) is 1. The molecule has 3 aromatic carbocycles. The molecule has 0 aliphatic heterocycles. The molecule has 0 fully saturated rings. The summed E-state index contributed by atoms with van der Waals surface area (Å²) in [5.74, 6) is -0.642. The number of carboxylic acids is 1. The molecule has 0 radical (unpaired) electrons. The molecule has 1 N–H and O–H groups in total. The van der Waals surface area contributed by atoms with Gasteiger partial charge in [0, 0.05) is 10.6 Å². The van der Waals surface area contributed by atoms with Crippen LogP contribution in [-0.4, -0.2) is 11.1 Å². The zero-order valence-electron chi connectivity index (χ0n) is 14.8. The second-order valence-corrected chi connectivity index (χ2v) is 7.55. The van der Waals surface area contributed by atoms with Crippen LogP contribution in [-0.2, 0) is 19.4 Å². The van der Waals surface area contributed by atoms with Crippen molar-refractivity contribution in [1.82, 2.24) is 0 Å². The second-order valence-electron chi connectivity index (χ2n) is 6.26. The first-order valence-electron chi connectivity index (χ1n) is 8.60. The number of aromatic carboxylic acids is 1. The molecule has 0 unspecified atom stereocenters. The Hall–Kier alpha value is -2.37. The van der Waals surface area contributed by atoms with E-state index in [2.05, 4.69) is 15.9 Å². The normalized spacial score (nSPS) is 10.7. The number of carbonyl (C=O) groups is 1. The highest BCUT2D eigenvalue weighted by Gasteiger charge is 2.12. The Kier molecular flexibility index (Phi) is 6.70. The average Bonchev–Trinajstić information content (AvgIpc) is 2.67. The molecule has 6 heteroatoms. The number of halogens is 3. The van der Waals surface area contributed by atoms with Crippen LogP contribution in [0.5, 0.6) is 5.75 Å². The quantitative estimate of drug-likeness (QED) is 0.447. The lowest BCUT2D eigenvalue weighted by molar-refractivity contribution is 0.0697. The Bertz CT molecular complexity index is 990. The van der Waals surface area contributed by atoms with Crippen molar-refractivity contribution < 1.29 is 19.0 Å². The highest BCUT2D eigenvalue weighted by atomic mass is 79.9. The summed E-state index contributed by atoms with van der Waals surface area (Å²) in [6.07, 6.45) is 1.32. The minimum Gasteiger partial charge on any atom is -0.487 e. The standard InChI is InChI=1S/C22H17BrClFO3/c23-19-12-18(24)11-16(10-7-14-5-8-15(9-6-14)22(26)27)21(19)28-13-17-3-1-2-4-20(17)25/h1-6,8-9,11-12H,7,10,13H2,(H,26,27). The Morgan fingerprint density at radius 1 is 1.04 bits per heavy atom. The monoisotopic (exact) mass is 462 g/mol. The first kappa shape index (κ1) is 20.4. The molecule has 0 spiro atoms. The van der Waals surface area contributed by atoms with E-state index in [-0.39, 0.29) is 18.0 Å². The van der Waals surface area contributed by atoms with E-state index in [9.17, 15) is 9.18 Å². The van der Waals surface area contributed by atoms with Crippen LogP contribution in [0.25, 0.3) is 0 Å². The highest BCUT2D eigenvalue weighted by Crippen LogP contribution is 2.34. The predicted octanol–water partition coefficient (Wildman–Crippen LogP) is 6.30. The second kappa shape index (κ2) is 9.22. The van der Waals surface area contributed by atoms with Crippen molar-refractivity contribution >= 4 is 33.5 Å². The van der Waals surface area contributed by atoms with Gasteiger partial charge in [-0.25, -0.2) is 9.18 Å². The Morgan fingerprint density at radius 3 is 2.43 bits per heavy atom. The molecule has 0 aliphatic carbocycles. The zero-order chi connectivity index (χ0) is 20.1. The SMILES string of the molecule is O=C(O)c1ccc(CCc2cc(Cl)cc(Br)c2OCc2ccccc2F)cc1. The molecule has 3 rings (SSSR count). The van der Waals surface area contributed by atoms with Crippen LogP contribution >= 0.6 is 27.5 Å². The summed E-state index contributed by atoms with van der Waals surface area (Å²) in [5.41, 5.74) is 2.61. The largest absolute Gasteiger partial charge is 0.487 e. The van der Waals surface area contributed by atoms with E-state index in [1.807, 2.05) is 6.07 Å². The number of aryl methyl sites for hydroxylation is 2. The molecule has 0 amide bonds. The lowest BCUT2D eigenvalue weighted by Crippen LogP contribution is -2.03. The van der Waals surface area contributed by atoms with Crippen LogP contribution in [0.3, 0.4) is 0 Å². The van der Waals surface area contributed by atoms with Crippen molar-refractivity contribution in [3.63, 3.8) is 0 Å². The summed E-state index contributed by atoms with van der Waals surface area (Å²) in [5, 5.41) is 9.56. The third-order valence-corrected chi connectivity index (χ3v) is 5.11. The van der Waals surface area contributed by atoms with Gasteiger partial charge in [-0.15, -0.1) is 0 Å². The van der Waals surface area contributed by atoms with Gasteiger partial charge in [0.25, 0.3) is 0 Å². The van der Waals surface area contributed by atoms with Gasteiger partial charge < -0.3 is 9.84 Å². The summed E-state index contributed by atoms with van der Waals surface area (Å²) in [7, 11) is 0. The molecule has 0 saturated carbocycles. The molecule has 0 saturated heterocycles. The van der Waals surface area contributed by atoms with Crippen LogP contribution in [0, 0.1) is 5.82 Å². The van der Waals surface area contributed by atoms with Crippen LogP contribution < -0.4 is 4.74 Å². The lowest BCUT2D eigenvalue weighted by atomic mass is 10.0. The number of benzene rings is 3. The van der Waals surface area contributed by atoms with Crippen LogP contribution in [0.2, 0.25) is 5.02 Å². The van der Waals surface area contributed by atoms with Gasteiger partial charge in [-0.3, -0.25) is 0 Å². The maximum atomic E-state index is 13.9. The first-order chi connectivity index (χ1) is 13.4. The Balaban J connectivity index is 1.76. The van der Waals surface area contributed by atoms with Gasteiger partial charge in [0.15, 0.2) is 0 Å². The van der Waals surface area contributed by atoms with E-state index in [0.717, 1.165) is 11.1 Å². The van der Waals surface area contributed by atoms with E-state index in [1.54, 1.807) is 48.5 Å². The molecule has 0 bridgehead atoms. The minimum atomic E-state index is -0.950. The maximum Gasteiger partial charge on any atom is 0.335 e. The van der Waals surface area contributed by atoms with Crippen LogP contribution in [0.4, 0.5) is 4.39 Å². The molecular formula is C22H17BrClFO3. The summed E-state index contributed by atoms with van der Waals surface area (Å²) in [6.45, 7) is 0.104.